The van der Waals surface area contributed by atoms with Crippen LogP contribution in [0.15, 0.2) is 47.4 Å². The zero-order valence-corrected chi connectivity index (χ0v) is 17.8. The number of anilines is 1. The zero-order valence-electron chi connectivity index (χ0n) is 15.4. The summed E-state index contributed by atoms with van der Waals surface area (Å²) in [6.07, 6.45) is 1.75. The smallest absolute Gasteiger partial charge is 0.293 e. The zero-order chi connectivity index (χ0) is 20.4. The van der Waals surface area contributed by atoms with Gasteiger partial charge in [-0.2, -0.15) is 0 Å². The van der Waals surface area contributed by atoms with E-state index in [2.05, 4.69) is 4.90 Å². The highest BCUT2D eigenvalue weighted by atomic mass is 35.5. The lowest BCUT2D eigenvalue weighted by atomic mass is 10.1. The second kappa shape index (κ2) is 8.79. The summed E-state index contributed by atoms with van der Waals surface area (Å²) in [5.41, 5.74) is 2.75. The van der Waals surface area contributed by atoms with Crippen molar-refractivity contribution in [2.45, 2.75) is 6.54 Å². The fourth-order valence-corrected chi connectivity index (χ4v) is 4.37. The van der Waals surface area contributed by atoms with Crippen molar-refractivity contribution in [3.8, 4) is 0 Å². The maximum atomic E-state index is 12.7. The van der Waals surface area contributed by atoms with Crippen molar-refractivity contribution in [1.82, 2.24) is 4.90 Å². The Morgan fingerprint density at radius 3 is 2.41 bits per heavy atom. The Morgan fingerprint density at radius 1 is 1.00 bits per heavy atom. The molecule has 8 heteroatoms. The van der Waals surface area contributed by atoms with Crippen LogP contribution in [0.4, 0.5) is 10.5 Å². The van der Waals surface area contributed by atoms with Gasteiger partial charge in [0, 0.05) is 18.8 Å². The van der Waals surface area contributed by atoms with Gasteiger partial charge in [0.15, 0.2) is 0 Å². The molecule has 0 spiro atoms. The molecule has 2 aliphatic heterocycles. The van der Waals surface area contributed by atoms with E-state index in [9.17, 15) is 9.59 Å². The summed E-state index contributed by atoms with van der Waals surface area (Å²) in [7, 11) is 0. The maximum Gasteiger partial charge on any atom is 0.293 e. The van der Waals surface area contributed by atoms with E-state index in [0.29, 0.717) is 15.0 Å². The van der Waals surface area contributed by atoms with Crippen molar-refractivity contribution in [2.24, 2.45) is 0 Å². The summed E-state index contributed by atoms with van der Waals surface area (Å²) >= 11 is 12.9. The maximum absolute atomic E-state index is 12.7. The Hall–Kier alpha value is -1.99. The molecule has 29 heavy (non-hydrogen) atoms. The van der Waals surface area contributed by atoms with Crippen molar-refractivity contribution in [3.63, 3.8) is 0 Å². The normalized spacial score (nSPS) is 18.8. The Labute approximate surface area is 183 Å². The van der Waals surface area contributed by atoms with Crippen LogP contribution in [-0.4, -0.2) is 42.3 Å². The minimum atomic E-state index is -0.302. The van der Waals surface area contributed by atoms with Gasteiger partial charge in [-0.3, -0.25) is 14.5 Å². The number of hydrogen-bond acceptors (Lipinski definition) is 5. The number of morpholine rings is 1. The molecule has 2 aliphatic rings. The molecule has 2 amide bonds. The standard InChI is InChI=1S/C21H18Cl2N2O3S/c22-17-6-3-15(11-18(17)23)13-25-20(26)19(29-21(25)27)12-14-1-4-16(5-2-14)24-7-9-28-10-8-24/h1-6,11-12H,7-10,13H2. The second-order valence-electron chi connectivity index (χ2n) is 6.71. The lowest BCUT2D eigenvalue weighted by Gasteiger charge is -2.28. The Morgan fingerprint density at radius 2 is 1.72 bits per heavy atom. The largest absolute Gasteiger partial charge is 0.378 e. The predicted octanol–water partition coefficient (Wildman–Crippen LogP) is 5.07. The molecule has 0 N–H and O–H groups in total. The number of nitrogens with zero attached hydrogens (tertiary/aromatic N) is 2. The molecule has 0 saturated carbocycles. The number of imide groups is 1. The van der Waals surface area contributed by atoms with Crippen LogP contribution >= 0.6 is 35.0 Å². The SMILES string of the molecule is O=C1SC(=Cc2ccc(N3CCOCC3)cc2)C(=O)N1Cc1ccc(Cl)c(Cl)c1. The van der Waals surface area contributed by atoms with Gasteiger partial charge in [0.2, 0.25) is 0 Å². The molecule has 0 aliphatic carbocycles. The number of hydrogen-bond donors (Lipinski definition) is 0. The van der Waals surface area contributed by atoms with Crippen LogP contribution in [0.3, 0.4) is 0 Å². The summed E-state index contributed by atoms with van der Waals surface area (Å²) < 4.78 is 5.38. The van der Waals surface area contributed by atoms with Gasteiger partial charge in [-0.15, -0.1) is 0 Å². The number of benzene rings is 2. The molecule has 0 bridgehead atoms. The monoisotopic (exact) mass is 448 g/mol. The highest BCUT2D eigenvalue weighted by Crippen LogP contribution is 2.34. The third-order valence-electron chi connectivity index (χ3n) is 4.77. The van der Waals surface area contributed by atoms with Gasteiger partial charge < -0.3 is 9.64 Å². The van der Waals surface area contributed by atoms with Gasteiger partial charge in [0.25, 0.3) is 11.1 Å². The third-order valence-corrected chi connectivity index (χ3v) is 6.41. The molecule has 2 heterocycles. The second-order valence-corrected chi connectivity index (χ2v) is 8.51. The molecule has 2 fully saturated rings. The molecular weight excluding hydrogens is 431 g/mol. The van der Waals surface area contributed by atoms with E-state index in [4.69, 9.17) is 27.9 Å². The van der Waals surface area contributed by atoms with E-state index < -0.39 is 0 Å². The van der Waals surface area contributed by atoms with Gasteiger partial charge >= 0.3 is 0 Å². The third kappa shape index (κ3) is 4.61. The number of carbonyl (C=O) groups is 2. The first-order valence-corrected chi connectivity index (χ1v) is 10.7. The number of carbonyl (C=O) groups excluding carboxylic acids is 2. The fraction of sp³-hybridized carbons (Fsp3) is 0.238. The van der Waals surface area contributed by atoms with E-state index in [1.807, 2.05) is 24.3 Å². The topological polar surface area (TPSA) is 49.9 Å². The van der Waals surface area contributed by atoms with Crippen molar-refractivity contribution < 1.29 is 14.3 Å². The minimum Gasteiger partial charge on any atom is -0.378 e. The van der Waals surface area contributed by atoms with E-state index in [1.54, 1.807) is 24.3 Å². The van der Waals surface area contributed by atoms with Crippen LogP contribution in [0.1, 0.15) is 11.1 Å². The molecule has 4 rings (SSSR count). The molecule has 0 radical (unpaired) electrons. The van der Waals surface area contributed by atoms with Gasteiger partial charge in [-0.25, -0.2) is 0 Å². The molecule has 2 aromatic rings. The summed E-state index contributed by atoms with van der Waals surface area (Å²) in [6, 6.07) is 13.0. The molecule has 150 valence electrons. The van der Waals surface area contributed by atoms with Gasteiger partial charge in [-0.1, -0.05) is 41.4 Å². The summed E-state index contributed by atoms with van der Waals surface area (Å²) in [6.45, 7) is 3.36. The molecule has 0 aromatic heterocycles. The molecular formula is C21H18Cl2N2O3S. The van der Waals surface area contributed by atoms with Crippen molar-refractivity contribution in [3.05, 3.63) is 68.5 Å². The van der Waals surface area contributed by atoms with E-state index in [-0.39, 0.29) is 17.7 Å². The summed E-state index contributed by atoms with van der Waals surface area (Å²) in [4.78, 5) is 29.0. The van der Waals surface area contributed by atoms with Gasteiger partial charge in [0.1, 0.15) is 0 Å². The van der Waals surface area contributed by atoms with E-state index in [1.165, 1.54) is 4.90 Å². The Kier molecular flexibility index (Phi) is 6.15. The minimum absolute atomic E-state index is 0.162. The van der Waals surface area contributed by atoms with Crippen LogP contribution in [0.25, 0.3) is 6.08 Å². The van der Waals surface area contributed by atoms with Gasteiger partial charge in [0.05, 0.1) is 34.7 Å². The first-order valence-electron chi connectivity index (χ1n) is 9.13. The highest BCUT2D eigenvalue weighted by molar-refractivity contribution is 8.18. The number of halogens is 2. The number of thioether (sulfide) groups is 1. The van der Waals surface area contributed by atoms with E-state index in [0.717, 1.165) is 54.9 Å². The van der Waals surface area contributed by atoms with Crippen molar-refractivity contribution >= 4 is 57.9 Å². The molecule has 5 nitrogen and oxygen atoms in total. The van der Waals surface area contributed by atoms with Crippen LogP contribution in [0, 0.1) is 0 Å². The molecule has 0 unspecified atom stereocenters. The summed E-state index contributed by atoms with van der Waals surface area (Å²) in [5, 5.41) is 0.536. The molecule has 0 atom stereocenters. The Bertz CT molecular complexity index is 972. The summed E-state index contributed by atoms with van der Waals surface area (Å²) in [5.74, 6) is -0.302. The predicted molar refractivity (Wildman–Crippen MR) is 117 cm³/mol. The number of rotatable bonds is 4. The quantitative estimate of drug-likeness (QED) is 0.611. The van der Waals surface area contributed by atoms with Gasteiger partial charge in [-0.05, 0) is 53.2 Å². The first kappa shape index (κ1) is 20.3. The molecule has 2 saturated heterocycles. The van der Waals surface area contributed by atoms with Crippen molar-refractivity contribution in [1.29, 1.82) is 0 Å². The highest BCUT2D eigenvalue weighted by Gasteiger charge is 2.35. The average Bonchev–Trinajstić information content (AvgIpc) is 2.99. The molecule has 2 aromatic carbocycles. The first-order chi connectivity index (χ1) is 14.0. The van der Waals surface area contributed by atoms with Crippen LogP contribution < -0.4 is 4.90 Å². The van der Waals surface area contributed by atoms with Crippen LogP contribution in [-0.2, 0) is 16.1 Å². The number of amides is 2. The number of ether oxygens (including phenoxy) is 1. The van der Waals surface area contributed by atoms with E-state index >= 15 is 0 Å². The lowest BCUT2D eigenvalue weighted by molar-refractivity contribution is -0.123. The Balaban J connectivity index is 1.47. The fourth-order valence-electron chi connectivity index (χ4n) is 3.21. The van der Waals surface area contributed by atoms with Crippen LogP contribution in [0.2, 0.25) is 10.0 Å². The van der Waals surface area contributed by atoms with Crippen LogP contribution in [0.5, 0.6) is 0 Å². The lowest BCUT2D eigenvalue weighted by Crippen LogP contribution is -2.36. The van der Waals surface area contributed by atoms with Crippen molar-refractivity contribution in [2.75, 3.05) is 31.2 Å². The average molecular weight is 449 g/mol.